The van der Waals surface area contributed by atoms with Crippen LogP contribution in [0, 0.1) is 11.6 Å². The van der Waals surface area contributed by atoms with Gasteiger partial charge in [0, 0.05) is 5.56 Å². The molecule has 0 aliphatic carbocycles. The van der Waals surface area contributed by atoms with Crippen LogP contribution in [0.3, 0.4) is 0 Å². The highest BCUT2D eigenvalue weighted by Crippen LogP contribution is 2.36. The highest BCUT2D eigenvalue weighted by atomic mass is 19.2. The van der Waals surface area contributed by atoms with E-state index >= 15 is 0 Å². The maximum Gasteiger partial charge on any atom is 0.314 e. The van der Waals surface area contributed by atoms with Crippen molar-refractivity contribution in [2.45, 2.75) is 5.92 Å². The Bertz CT molecular complexity index is 403. The Labute approximate surface area is 77.9 Å². The molecule has 0 fully saturated rings. The summed E-state index contributed by atoms with van der Waals surface area (Å²) in [6, 6.07) is 2.14. The number of hydrogen-bond acceptors (Lipinski definition) is 2. The summed E-state index contributed by atoms with van der Waals surface area (Å²) in [6.45, 7) is -0.148. The third kappa shape index (κ3) is 1.13. The van der Waals surface area contributed by atoms with Gasteiger partial charge in [-0.25, -0.2) is 4.39 Å². The van der Waals surface area contributed by atoms with E-state index in [0.717, 1.165) is 6.07 Å². The van der Waals surface area contributed by atoms with Crippen molar-refractivity contribution in [1.29, 1.82) is 0 Å². The maximum atomic E-state index is 13.0. The minimum absolute atomic E-state index is 0.148. The van der Waals surface area contributed by atoms with E-state index < -0.39 is 23.5 Å². The largest absolute Gasteiger partial charge is 0.489 e. The van der Waals surface area contributed by atoms with Crippen LogP contribution in [0.2, 0.25) is 0 Å². The van der Waals surface area contributed by atoms with E-state index in [9.17, 15) is 13.6 Å². The second-order valence-electron chi connectivity index (χ2n) is 2.98. The second kappa shape index (κ2) is 2.94. The fourth-order valence-corrected chi connectivity index (χ4v) is 1.43. The lowest BCUT2D eigenvalue weighted by Crippen LogP contribution is -2.12. The number of fused-ring (bicyclic) bond motifs is 1. The third-order valence-electron chi connectivity index (χ3n) is 2.15. The second-order valence-corrected chi connectivity index (χ2v) is 2.98. The summed E-state index contributed by atoms with van der Waals surface area (Å²) in [6.07, 6.45) is 0. The summed E-state index contributed by atoms with van der Waals surface area (Å²) < 4.78 is 30.5. The number of carboxylic acids is 1. The average Bonchev–Trinajstić information content (AvgIpc) is 2.55. The molecule has 3 nitrogen and oxygen atoms in total. The van der Waals surface area contributed by atoms with Crippen molar-refractivity contribution >= 4 is 5.97 Å². The van der Waals surface area contributed by atoms with E-state index in [4.69, 9.17) is 9.84 Å². The topological polar surface area (TPSA) is 46.5 Å². The number of hydrogen-bond donors (Lipinski definition) is 1. The highest BCUT2D eigenvalue weighted by Gasteiger charge is 2.33. The van der Waals surface area contributed by atoms with Crippen LogP contribution in [0.1, 0.15) is 11.5 Å². The van der Waals surface area contributed by atoms with Crippen LogP contribution in [0.25, 0.3) is 0 Å². The lowest BCUT2D eigenvalue weighted by molar-refractivity contribution is -0.138. The van der Waals surface area contributed by atoms with Crippen molar-refractivity contribution in [2.75, 3.05) is 6.61 Å². The van der Waals surface area contributed by atoms with Gasteiger partial charge in [0.05, 0.1) is 0 Å². The molecule has 1 aromatic rings. The molecular formula is C9H6F2O3. The van der Waals surface area contributed by atoms with E-state index in [1.165, 1.54) is 6.07 Å². The van der Waals surface area contributed by atoms with E-state index in [0.29, 0.717) is 0 Å². The molecular weight excluding hydrogens is 194 g/mol. The molecule has 2 rings (SSSR count). The van der Waals surface area contributed by atoms with Crippen LogP contribution in [0.5, 0.6) is 5.75 Å². The van der Waals surface area contributed by atoms with Gasteiger partial charge in [0.15, 0.2) is 11.6 Å². The number of benzene rings is 1. The molecule has 1 aliphatic rings. The molecule has 1 N–H and O–H groups in total. The summed E-state index contributed by atoms with van der Waals surface area (Å²) in [5.41, 5.74) is 0.191. The Morgan fingerprint density at radius 3 is 2.86 bits per heavy atom. The molecule has 0 amide bonds. The molecule has 14 heavy (non-hydrogen) atoms. The molecule has 1 aromatic carbocycles. The number of halogens is 2. The average molecular weight is 200 g/mol. The smallest absolute Gasteiger partial charge is 0.314 e. The number of carbonyl (C=O) groups is 1. The Morgan fingerprint density at radius 1 is 1.50 bits per heavy atom. The maximum absolute atomic E-state index is 13.0. The van der Waals surface area contributed by atoms with Crippen molar-refractivity contribution in [2.24, 2.45) is 0 Å². The minimum Gasteiger partial charge on any atom is -0.489 e. The zero-order valence-electron chi connectivity index (χ0n) is 6.96. The van der Waals surface area contributed by atoms with Crippen molar-refractivity contribution in [3.8, 4) is 5.75 Å². The molecule has 0 aromatic heterocycles. The normalized spacial score (nSPS) is 18.9. The standard InChI is InChI=1S/C9H6F2O3/c10-6-2-1-4-5(9(12)13)3-14-8(4)7(6)11/h1-2,5H,3H2,(H,12,13). The van der Waals surface area contributed by atoms with E-state index in [-0.39, 0.29) is 17.9 Å². The van der Waals surface area contributed by atoms with Gasteiger partial charge < -0.3 is 9.84 Å². The first-order valence-electron chi connectivity index (χ1n) is 3.94. The summed E-state index contributed by atoms with van der Waals surface area (Å²) in [7, 11) is 0. The van der Waals surface area contributed by atoms with Crippen LogP contribution in [-0.4, -0.2) is 17.7 Å². The molecule has 5 heteroatoms. The first-order valence-corrected chi connectivity index (χ1v) is 3.94. The number of aliphatic carboxylic acids is 1. The van der Waals surface area contributed by atoms with E-state index in [1.54, 1.807) is 0 Å². The quantitative estimate of drug-likeness (QED) is 0.747. The predicted molar refractivity (Wildman–Crippen MR) is 42.2 cm³/mol. The molecule has 1 unspecified atom stereocenters. The van der Waals surface area contributed by atoms with Gasteiger partial charge in [0.25, 0.3) is 0 Å². The number of rotatable bonds is 1. The van der Waals surface area contributed by atoms with Crippen LogP contribution < -0.4 is 4.74 Å². The van der Waals surface area contributed by atoms with Gasteiger partial charge >= 0.3 is 5.97 Å². The third-order valence-corrected chi connectivity index (χ3v) is 2.15. The summed E-state index contributed by atoms with van der Waals surface area (Å²) in [4.78, 5) is 10.7. The SMILES string of the molecule is O=C(O)C1COc2c1ccc(F)c2F. The fraction of sp³-hybridized carbons (Fsp3) is 0.222. The molecule has 0 radical (unpaired) electrons. The van der Waals surface area contributed by atoms with Gasteiger partial charge in [-0.2, -0.15) is 4.39 Å². The Hall–Kier alpha value is -1.65. The molecule has 0 saturated carbocycles. The molecule has 1 heterocycles. The van der Waals surface area contributed by atoms with Gasteiger partial charge in [-0.1, -0.05) is 6.07 Å². The Morgan fingerprint density at radius 2 is 2.21 bits per heavy atom. The molecule has 74 valence electrons. The van der Waals surface area contributed by atoms with Gasteiger partial charge in [-0.3, -0.25) is 4.79 Å². The van der Waals surface area contributed by atoms with Gasteiger partial charge in [0.2, 0.25) is 5.82 Å². The summed E-state index contributed by atoms with van der Waals surface area (Å²) in [5, 5.41) is 8.72. The predicted octanol–water partition coefficient (Wildman–Crippen LogP) is 1.53. The van der Waals surface area contributed by atoms with Crippen molar-refractivity contribution in [3.63, 3.8) is 0 Å². The molecule has 1 aliphatic heterocycles. The number of carboxylic acid groups (broad SMARTS) is 1. The van der Waals surface area contributed by atoms with Crippen molar-refractivity contribution in [3.05, 3.63) is 29.3 Å². The highest BCUT2D eigenvalue weighted by molar-refractivity contribution is 5.78. The van der Waals surface area contributed by atoms with Crippen LogP contribution in [0.4, 0.5) is 8.78 Å². The summed E-state index contributed by atoms with van der Waals surface area (Å²) >= 11 is 0. The fourth-order valence-electron chi connectivity index (χ4n) is 1.43. The Balaban J connectivity index is 2.53. The first-order chi connectivity index (χ1) is 6.61. The van der Waals surface area contributed by atoms with Gasteiger partial charge in [-0.15, -0.1) is 0 Å². The lowest BCUT2D eigenvalue weighted by atomic mass is 10.0. The molecule has 0 bridgehead atoms. The summed E-state index contributed by atoms with van der Waals surface area (Å²) in [5.74, 6) is -4.44. The van der Waals surface area contributed by atoms with Gasteiger partial charge in [-0.05, 0) is 6.07 Å². The van der Waals surface area contributed by atoms with Crippen molar-refractivity contribution < 1.29 is 23.4 Å². The first kappa shape index (κ1) is 8.93. The molecule has 0 saturated heterocycles. The van der Waals surface area contributed by atoms with E-state index in [1.807, 2.05) is 0 Å². The minimum atomic E-state index is -1.12. The van der Waals surface area contributed by atoms with E-state index in [2.05, 4.69) is 0 Å². The van der Waals surface area contributed by atoms with Crippen LogP contribution in [0.15, 0.2) is 12.1 Å². The Kier molecular flexibility index (Phi) is 1.87. The molecule has 1 atom stereocenters. The molecule has 0 spiro atoms. The lowest BCUT2D eigenvalue weighted by Gasteiger charge is -2.02. The van der Waals surface area contributed by atoms with Crippen molar-refractivity contribution in [1.82, 2.24) is 0 Å². The van der Waals surface area contributed by atoms with Crippen LogP contribution in [-0.2, 0) is 4.79 Å². The zero-order valence-corrected chi connectivity index (χ0v) is 6.96. The van der Waals surface area contributed by atoms with Gasteiger partial charge in [0.1, 0.15) is 12.5 Å². The zero-order chi connectivity index (χ0) is 10.3. The number of ether oxygens (including phenoxy) is 1. The van der Waals surface area contributed by atoms with Crippen LogP contribution >= 0.6 is 0 Å². The monoisotopic (exact) mass is 200 g/mol.